The number of halogens is 11. The Morgan fingerprint density at radius 2 is 1.06 bits per heavy atom. The first kappa shape index (κ1) is 58.7. The Labute approximate surface area is 483 Å². The molecule has 0 N–H and O–H groups in total. The van der Waals surface area contributed by atoms with Gasteiger partial charge in [-0.05, 0) is 130 Å². The van der Waals surface area contributed by atoms with Crippen molar-refractivity contribution in [2.45, 2.75) is 84.7 Å². The lowest BCUT2D eigenvalue weighted by Crippen LogP contribution is -2.57. The normalized spacial score (nSPS) is 15.3. The van der Waals surface area contributed by atoms with E-state index in [-0.39, 0.29) is 132 Å². The van der Waals surface area contributed by atoms with Gasteiger partial charge in [-0.3, -0.25) is 4.79 Å². The van der Waals surface area contributed by atoms with Crippen LogP contribution in [-0.4, -0.2) is 54.4 Å². The van der Waals surface area contributed by atoms with E-state index in [4.69, 9.17) is 23.7 Å². The van der Waals surface area contributed by atoms with E-state index < -0.39 is 83.3 Å². The van der Waals surface area contributed by atoms with Gasteiger partial charge in [-0.25, -0.2) is 9.59 Å². The third-order valence-electron chi connectivity index (χ3n) is 16.2. The van der Waals surface area contributed by atoms with Gasteiger partial charge < -0.3 is 41.6 Å². The number of carbonyl (C=O) groups excluding carboxylic acids is 3. The lowest BCUT2D eigenvalue weighted by Gasteiger charge is -2.49. The molecule has 0 bridgehead atoms. The summed E-state index contributed by atoms with van der Waals surface area (Å²) < 4.78 is 197. The van der Waals surface area contributed by atoms with Gasteiger partial charge >= 0.3 is 43.4 Å². The number of rotatable bonds is 14. The topological polar surface area (TPSA) is 106 Å². The zero-order valence-electron chi connectivity index (χ0n) is 46.6. The summed E-state index contributed by atoms with van der Waals surface area (Å²) in [7, 11) is 2.52. The summed E-state index contributed by atoms with van der Waals surface area (Å²) in [6, 6.07) is 26.0. The minimum atomic E-state index is -5.22. The Morgan fingerprint density at radius 1 is 0.593 bits per heavy atom. The molecule has 2 aliphatic heterocycles. The van der Waals surface area contributed by atoms with Crippen LogP contribution in [0.25, 0.3) is 48.7 Å². The van der Waals surface area contributed by atoms with Crippen molar-refractivity contribution in [3.63, 3.8) is 0 Å². The van der Waals surface area contributed by atoms with E-state index in [1.165, 1.54) is 66.2 Å². The number of aromatic nitrogens is 1. The van der Waals surface area contributed by atoms with E-state index in [1.807, 2.05) is 0 Å². The SMILES string of the molecule is COc1cc(OC(=O)CCCc2ccc3c4ccc(C(F)(F)F)c5c(C(F)(F)F)ccc(c6ccc(C(F)(F)F)c2c36)c54)cc(OC)c1C1=C2C(C)=C(C(=O)OCc3ccccc3)C(C)N2[B-](F)(F)n2c(C)c(C(=O)OCc3ccccc3)c(C)c21. The van der Waals surface area contributed by atoms with Crippen LogP contribution >= 0.6 is 0 Å². The van der Waals surface area contributed by atoms with Crippen molar-refractivity contribution in [1.29, 1.82) is 0 Å². The minimum Gasteiger partial charge on any atom is -0.496 e. The molecular weight excluding hydrogens is 1140 g/mol. The summed E-state index contributed by atoms with van der Waals surface area (Å²) in [6.45, 7) is 0.557. The van der Waals surface area contributed by atoms with Crippen molar-refractivity contribution in [2.24, 2.45) is 0 Å². The van der Waals surface area contributed by atoms with Crippen LogP contribution in [0, 0.1) is 13.8 Å². The van der Waals surface area contributed by atoms with Crippen LogP contribution in [0.1, 0.15) is 92.9 Å². The summed E-state index contributed by atoms with van der Waals surface area (Å²) in [5.41, 5.74) is -3.22. The number of nitrogens with zero attached hydrogens (tertiary/aromatic N) is 2. The first-order valence-corrected chi connectivity index (χ1v) is 27.0. The molecule has 444 valence electrons. The largest absolute Gasteiger partial charge is 0.529 e. The van der Waals surface area contributed by atoms with Gasteiger partial charge in [0.05, 0.1) is 47.6 Å². The average Bonchev–Trinajstić information content (AvgIpc) is 1.34. The number of methoxy groups -OCH3 is 2. The number of hydrogen-bond acceptors (Lipinski definition) is 9. The smallest absolute Gasteiger partial charge is 0.496 e. The molecule has 1 unspecified atom stereocenters. The van der Waals surface area contributed by atoms with E-state index in [2.05, 4.69) is 0 Å². The second-order valence-electron chi connectivity index (χ2n) is 21.1. The molecule has 0 saturated carbocycles. The van der Waals surface area contributed by atoms with Crippen LogP contribution in [0.15, 0.2) is 138 Å². The van der Waals surface area contributed by atoms with Crippen LogP contribution < -0.4 is 14.2 Å². The van der Waals surface area contributed by atoms with Crippen molar-refractivity contribution in [2.75, 3.05) is 14.2 Å². The van der Waals surface area contributed by atoms with E-state index in [0.29, 0.717) is 23.3 Å². The van der Waals surface area contributed by atoms with Gasteiger partial charge in [0.25, 0.3) is 0 Å². The number of allylic oxidation sites excluding steroid dienone is 1. The van der Waals surface area contributed by atoms with Gasteiger partial charge in [0.1, 0.15) is 30.5 Å². The Kier molecular flexibility index (Phi) is 14.6. The van der Waals surface area contributed by atoms with Crippen LogP contribution in [0.5, 0.6) is 17.2 Å². The molecule has 1 aromatic heterocycles. The van der Waals surface area contributed by atoms with E-state index in [0.717, 1.165) is 33.6 Å². The fourth-order valence-electron chi connectivity index (χ4n) is 12.6. The molecule has 3 heterocycles. The van der Waals surface area contributed by atoms with Crippen molar-refractivity contribution >= 4 is 73.5 Å². The number of ether oxygens (including phenoxy) is 5. The van der Waals surface area contributed by atoms with Crippen molar-refractivity contribution in [1.82, 2.24) is 9.29 Å². The fourth-order valence-corrected chi connectivity index (χ4v) is 12.6. The number of carbonyl (C=O) groups is 3. The lowest BCUT2D eigenvalue weighted by molar-refractivity contribution is -0.141. The zero-order valence-corrected chi connectivity index (χ0v) is 46.6. The Bertz CT molecular complexity index is 4230. The van der Waals surface area contributed by atoms with Crippen molar-refractivity contribution in [3.8, 4) is 17.2 Å². The first-order valence-electron chi connectivity index (χ1n) is 27.0. The highest BCUT2D eigenvalue weighted by Crippen LogP contribution is 2.56. The number of alkyl halides is 9. The molecule has 0 aliphatic carbocycles. The molecule has 10 nitrogen and oxygen atoms in total. The standard InChI is InChI=1S/C64H49BF11N2O8/c1-32-50(60(80)84-30-36-14-9-7-10-15-36)34(3)77-58(32)57(59-33(2)51(35(4)78(59)65(77,75)76)61(81)85-31-37-16-11-8-12-17-37)56-47(82-5)28-39(29-48(56)83-6)86-49(79)19-13-18-38-20-21-40-42-23-26-45(63(69,70)71)55-46(64(72,73)74)27-24-43(54(42)55)41-22-25-44(62(66,67)68)52(38)53(40)41/h7-12,14-17,20-29,34H,13,18-19,30-31H2,1-6H3/q-1. The number of hydrogen-bond donors (Lipinski definition) is 0. The molecule has 0 fully saturated rings. The highest BCUT2D eigenvalue weighted by atomic mass is 19.4. The molecule has 2 aliphatic rings. The zero-order chi connectivity index (χ0) is 61.7. The van der Waals surface area contributed by atoms with Crippen molar-refractivity contribution < 1.29 is 86.2 Å². The molecule has 0 radical (unpaired) electrons. The van der Waals surface area contributed by atoms with Gasteiger partial charge in [-0.1, -0.05) is 91.0 Å². The van der Waals surface area contributed by atoms with E-state index in [9.17, 15) is 40.7 Å². The predicted octanol–water partition coefficient (Wildman–Crippen LogP) is 16.3. The maximum absolute atomic E-state index is 17.8. The van der Waals surface area contributed by atoms with Gasteiger partial charge in [-0.2, -0.15) is 39.5 Å². The molecule has 9 aromatic rings. The molecule has 11 rings (SSSR count). The number of fused-ring (bicyclic) bond motifs is 4. The average molecular weight is 1190 g/mol. The predicted molar refractivity (Wildman–Crippen MR) is 300 cm³/mol. The molecule has 0 spiro atoms. The quantitative estimate of drug-likeness (QED) is 0.0263. The lowest BCUT2D eigenvalue weighted by atomic mass is 9.81. The highest BCUT2D eigenvalue weighted by molar-refractivity contribution is 6.63. The minimum absolute atomic E-state index is 0.0241. The highest BCUT2D eigenvalue weighted by Gasteiger charge is 2.54. The van der Waals surface area contributed by atoms with Crippen LogP contribution in [0.4, 0.5) is 48.1 Å². The fraction of sp³-hybridized carbons (Fsp3) is 0.234. The second-order valence-corrected chi connectivity index (χ2v) is 21.1. The Morgan fingerprint density at radius 3 is 1.55 bits per heavy atom. The summed E-state index contributed by atoms with van der Waals surface area (Å²) in [4.78, 5) is 42.9. The third kappa shape index (κ3) is 9.75. The van der Waals surface area contributed by atoms with Gasteiger partial charge in [0.2, 0.25) is 0 Å². The number of aryl methyl sites for hydroxylation is 1. The van der Waals surface area contributed by atoms with Gasteiger partial charge in [0, 0.05) is 46.9 Å². The van der Waals surface area contributed by atoms with Gasteiger partial charge in [-0.15, -0.1) is 0 Å². The van der Waals surface area contributed by atoms with Crippen LogP contribution in [0.2, 0.25) is 0 Å². The molecule has 0 saturated heterocycles. The van der Waals surface area contributed by atoms with Crippen molar-refractivity contribution in [3.05, 3.63) is 200 Å². The third-order valence-corrected chi connectivity index (χ3v) is 16.2. The number of esters is 3. The van der Waals surface area contributed by atoms with E-state index in [1.54, 1.807) is 60.7 Å². The summed E-state index contributed by atoms with van der Waals surface area (Å²) in [5, 5.41) is -2.28. The summed E-state index contributed by atoms with van der Waals surface area (Å²) >= 11 is 0. The molecule has 1 atom stereocenters. The first-order chi connectivity index (χ1) is 40.7. The Balaban J connectivity index is 0.960. The number of benzene rings is 8. The maximum Gasteiger partial charge on any atom is 0.529 e. The van der Waals surface area contributed by atoms with Crippen LogP contribution in [-0.2, 0) is 57.2 Å². The maximum atomic E-state index is 17.8. The Hall–Kier alpha value is -9.08. The van der Waals surface area contributed by atoms with E-state index >= 15 is 21.8 Å². The second kappa shape index (κ2) is 21.5. The summed E-state index contributed by atoms with van der Waals surface area (Å²) in [5.74, 6) is -2.99. The molecule has 8 aromatic carbocycles. The molecule has 22 heteroatoms. The monoisotopic (exact) mass is 1190 g/mol. The van der Waals surface area contributed by atoms with Gasteiger partial charge in [0.15, 0.2) is 0 Å². The molecule has 86 heavy (non-hydrogen) atoms. The summed E-state index contributed by atoms with van der Waals surface area (Å²) in [6.07, 6.45) is -16.2. The molecule has 0 amide bonds. The molecular formula is C64H49BF11N2O8-. The van der Waals surface area contributed by atoms with Crippen LogP contribution in [0.3, 0.4) is 0 Å².